The fraction of sp³-hybridized carbons (Fsp3) is 0.182. The number of carboxylic acid groups (broad SMARTS) is 1. The van der Waals surface area contributed by atoms with Crippen LogP contribution in [0.4, 0.5) is 0 Å². The molecule has 1 aromatic carbocycles. The standard InChI is InChI=1S/C11H14N4O2.ClH/c12-11(13)15-14-7-9-3-1-8(2-4-9)5-6-10(16)17;/h1-4,7H,5-6H2,(H,16,17)(H4,12,13,15);1H/b14-7+;. The zero-order valence-corrected chi connectivity index (χ0v) is 10.4. The van der Waals surface area contributed by atoms with Crippen LogP contribution in [0.5, 0.6) is 0 Å². The Morgan fingerprint density at radius 3 is 2.39 bits per heavy atom. The van der Waals surface area contributed by atoms with Gasteiger partial charge in [0.2, 0.25) is 5.96 Å². The smallest absolute Gasteiger partial charge is 0.303 e. The van der Waals surface area contributed by atoms with Crippen LogP contribution in [0.2, 0.25) is 0 Å². The first-order valence-corrected chi connectivity index (χ1v) is 5.00. The lowest BCUT2D eigenvalue weighted by molar-refractivity contribution is -0.136. The van der Waals surface area contributed by atoms with Gasteiger partial charge in [0.15, 0.2) is 0 Å². The van der Waals surface area contributed by atoms with Gasteiger partial charge < -0.3 is 16.6 Å². The number of benzene rings is 1. The molecule has 98 valence electrons. The lowest BCUT2D eigenvalue weighted by Crippen LogP contribution is -2.21. The maximum atomic E-state index is 10.4. The molecular formula is C11H15ClN4O2. The summed E-state index contributed by atoms with van der Waals surface area (Å²) < 4.78 is 0. The summed E-state index contributed by atoms with van der Waals surface area (Å²) in [6, 6.07) is 7.34. The Kier molecular flexibility index (Phi) is 7.14. The van der Waals surface area contributed by atoms with E-state index in [9.17, 15) is 4.79 Å². The Morgan fingerprint density at radius 2 is 1.89 bits per heavy atom. The number of guanidine groups is 1. The molecule has 0 aliphatic heterocycles. The molecule has 0 fully saturated rings. The van der Waals surface area contributed by atoms with Crippen molar-refractivity contribution >= 4 is 30.6 Å². The van der Waals surface area contributed by atoms with E-state index in [1.165, 1.54) is 6.21 Å². The van der Waals surface area contributed by atoms with Crippen LogP contribution in [0, 0.1) is 0 Å². The predicted octanol–water partition coefficient (Wildman–Crippen LogP) is 0.733. The van der Waals surface area contributed by atoms with Gasteiger partial charge in [-0.05, 0) is 17.5 Å². The van der Waals surface area contributed by atoms with E-state index < -0.39 is 5.97 Å². The average Bonchev–Trinajstić information content (AvgIpc) is 2.27. The van der Waals surface area contributed by atoms with Crippen LogP contribution in [0.25, 0.3) is 0 Å². The molecule has 0 aliphatic carbocycles. The summed E-state index contributed by atoms with van der Waals surface area (Å²) in [6.45, 7) is 0. The van der Waals surface area contributed by atoms with Crippen LogP contribution in [0.15, 0.2) is 34.5 Å². The van der Waals surface area contributed by atoms with Crippen LogP contribution < -0.4 is 11.5 Å². The van der Waals surface area contributed by atoms with Gasteiger partial charge in [-0.25, -0.2) is 0 Å². The molecule has 0 aliphatic rings. The normalized spacial score (nSPS) is 9.78. The first-order valence-electron chi connectivity index (χ1n) is 5.00. The van der Waals surface area contributed by atoms with E-state index in [2.05, 4.69) is 10.2 Å². The van der Waals surface area contributed by atoms with Crippen molar-refractivity contribution in [3.05, 3.63) is 35.4 Å². The number of hydrogen-bond donors (Lipinski definition) is 3. The molecule has 0 heterocycles. The van der Waals surface area contributed by atoms with Crippen LogP contribution in [0.1, 0.15) is 17.5 Å². The molecule has 6 nitrogen and oxygen atoms in total. The first kappa shape index (κ1) is 15.9. The molecule has 0 unspecified atom stereocenters. The molecule has 5 N–H and O–H groups in total. The topological polar surface area (TPSA) is 114 Å². The molecule has 0 amide bonds. The summed E-state index contributed by atoms with van der Waals surface area (Å²) in [5.74, 6) is -0.900. The molecule has 1 rings (SSSR count). The third kappa shape index (κ3) is 6.49. The summed E-state index contributed by atoms with van der Waals surface area (Å²) in [5.41, 5.74) is 12.0. The number of carboxylic acids is 1. The van der Waals surface area contributed by atoms with E-state index in [0.29, 0.717) is 6.42 Å². The molecule has 18 heavy (non-hydrogen) atoms. The van der Waals surface area contributed by atoms with Crippen molar-refractivity contribution < 1.29 is 9.90 Å². The molecule has 1 aromatic rings. The number of aryl methyl sites for hydroxylation is 1. The minimum Gasteiger partial charge on any atom is -0.481 e. The molecular weight excluding hydrogens is 256 g/mol. The van der Waals surface area contributed by atoms with Crippen LogP contribution in [-0.2, 0) is 11.2 Å². The second-order valence-corrected chi connectivity index (χ2v) is 3.40. The number of hydrogen-bond acceptors (Lipinski definition) is 3. The molecule has 7 heteroatoms. The predicted molar refractivity (Wildman–Crippen MR) is 73.1 cm³/mol. The van der Waals surface area contributed by atoms with E-state index in [4.69, 9.17) is 16.6 Å². The summed E-state index contributed by atoms with van der Waals surface area (Å²) in [5, 5.41) is 15.7. The summed E-state index contributed by atoms with van der Waals surface area (Å²) in [6.07, 6.45) is 2.16. The second kappa shape index (κ2) is 8.08. The van der Waals surface area contributed by atoms with Crippen molar-refractivity contribution in [1.82, 2.24) is 0 Å². The highest BCUT2D eigenvalue weighted by atomic mass is 35.5. The van der Waals surface area contributed by atoms with Gasteiger partial charge in [-0.1, -0.05) is 24.3 Å². The number of nitrogens with two attached hydrogens (primary N) is 2. The van der Waals surface area contributed by atoms with Gasteiger partial charge in [-0.3, -0.25) is 4.79 Å². The maximum absolute atomic E-state index is 10.4. The Hall–Kier alpha value is -2.08. The Balaban J connectivity index is 0.00000289. The number of nitrogens with zero attached hydrogens (tertiary/aromatic N) is 2. The molecule has 0 radical (unpaired) electrons. The fourth-order valence-corrected chi connectivity index (χ4v) is 1.18. The lowest BCUT2D eigenvalue weighted by Gasteiger charge is -1.98. The quantitative estimate of drug-likeness (QED) is 0.416. The Labute approximate surface area is 111 Å². The Morgan fingerprint density at radius 1 is 1.28 bits per heavy atom. The molecule has 0 bridgehead atoms. The zero-order valence-electron chi connectivity index (χ0n) is 9.61. The van der Waals surface area contributed by atoms with Crippen LogP contribution >= 0.6 is 12.4 Å². The van der Waals surface area contributed by atoms with E-state index >= 15 is 0 Å². The van der Waals surface area contributed by atoms with Crippen molar-refractivity contribution in [3.8, 4) is 0 Å². The average molecular weight is 271 g/mol. The highest BCUT2D eigenvalue weighted by Crippen LogP contribution is 2.05. The summed E-state index contributed by atoms with van der Waals surface area (Å²) >= 11 is 0. The van der Waals surface area contributed by atoms with Crippen molar-refractivity contribution in [2.45, 2.75) is 12.8 Å². The minimum absolute atomic E-state index is 0. The molecule has 0 aromatic heterocycles. The molecule has 0 spiro atoms. The number of carbonyl (C=O) groups is 1. The van der Waals surface area contributed by atoms with Gasteiger partial charge in [0.25, 0.3) is 0 Å². The maximum Gasteiger partial charge on any atom is 0.303 e. The van der Waals surface area contributed by atoms with Gasteiger partial charge in [0, 0.05) is 6.42 Å². The first-order chi connectivity index (χ1) is 8.08. The zero-order chi connectivity index (χ0) is 12.7. The third-order valence-electron chi connectivity index (χ3n) is 1.99. The highest BCUT2D eigenvalue weighted by molar-refractivity contribution is 5.85. The molecule has 0 atom stereocenters. The third-order valence-corrected chi connectivity index (χ3v) is 1.99. The van der Waals surface area contributed by atoms with Crippen molar-refractivity contribution in [1.29, 1.82) is 0 Å². The van der Waals surface area contributed by atoms with Crippen LogP contribution in [0.3, 0.4) is 0 Å². The van der Waals surface area contributed by atoms with Gasteiger partial charge >= 0.3 is 5.97 Å². The van der Waals surface area contributed by atoms with E-state index in [-0.39, 0.29) is 24.8 Å². The molecule has 0 saturated heterocycles. The van der Waals surface area contributed by atoms with E-state index in [1.54, 1.807) is 0 Å². The summed E-state index contributed by atoms with van der Waals surface area (Å²) in [4.78, 5) is 10.4. The monoisotopic (exact) mass is 270 g/mol. The number of halogens is 1. The highest BCUT2D eigenvalue weighted by Gasteiger charge is 1.98. The lowest BCUT2D eigenvalue weighted by atomic mass is 10.1. The fourth-order valence-electron chi connectivity index (χ4n) is 1.18. The largest absolute Gasteiger partial charge is 0.481 e. The van der Waals surface area contributed by atoms with Gasteiger partial charge in [0.05, 0.1) is 6.21 Å². The van der Waals surface area contributed by atoms with Crippen LogP contribution in [-0.4, -0.2) is 23.2 Å². The van der Waals surface area contributed by atoms with Crippen molar-refractivity contribution in [3.63, 3.8) is 0 Å². The summed E-state index contributed by atoms with van der Waals surface area (Å²) in [7, 11) is 0. The van der Waals surface area contributed by atoms with Crippen molar-refractivity contribution in [2.24, 2.45) is 21.7 Å². The van der Waals surface area contributed by atoms with Gasteiger partial charge in [0.1, 0.15) is 0 Å². The van der Waals surface area contributed by atoms with Crippen molar-refractivity contribution in [2.75, 3.05) is 0 Å². The SMILES string of the molecule is Cl.NC(N)=N/N=C/c1ccc(CCC(=O)O)cc1. The van der Waals surface area contributed by atoms with Gasteiger partial charge in [-0.2, -0.15) is 5.10 Å². The minimum atomic E-state index is -0.802. The number of rotatable bonds is 5. The van der Waals surface area contributed by atoms with Gasteiger partial charge in [-0.15, -0.1) is 17.5 Å². The Bertz CT molecular complexity index is 439. The van der Waals surface area contributed by atoms with E-state index in [1.807, 2.05) is 24.3 Å². The second-order valence-electron chi connectivity index (χ2n) is 3.40. The molecule has 0 saturated carbocycles. The van der Waals surface area contributed by atoms with E-state index in [0.717, 1.165) is 11.1 Å². The number of aliphatic carboxylic acids is 1.